The molecule has 0 aliphatic rings. The summed E-state index contributed by atoms with van der Waals surface area (Å²) >= 11 is 0. The molecule has 0 spiro atoms. The maximum absolute atomic E-state index is 12.4. The van der Waals surface area contributed by atoms with Gasteiger partial charge in [-0.15, -0.1) is 0 Å². The van der Waals surface area contributed by atoms with Crippen LogP contribution in [0.3, 0.4) is 0 Å². The van der Waals surface area contributed by atoms with Crippen LogP contribution in [0.2, 0.25) is 0 Å². The summed E-state index contributed by atoms with van der Waals surface area (Å²) in [5.74, 6) is -0.409. The Morgan fingerprint density at radius 1 is 1.15 bits per heavy atom. The van der Waals surface area contributed by atoms with Crippen LogP contribution in [0.1, 0.15) is 42.5 Å². The molecule has 0 aliphatic carbocycles. The molecular formula is C20H20N4O2. The minimum Gasteiger partial charge on any atom is -0.458 e. The van der Waals surface area contributed by atoms with Crippen molar-refractivity contribution in [2.24, 2.45) is 0 Å². The second-order valence-electron chi connectivity index (χ2n) is 6.67. The smallest absolute Gasteiger partial charge is 0.357 e. The van der Waals surface area contributed by atoms with Crippen LogP contribution < -0.4 is 0 Å². The van der Waals surface area contributed by atoms with Crippen molar-refractivity contribution in [2.75, 3.05) is 0 Å². The number of aromatic nitrogens is 4. The molecule has 1 aromatic carbocycles. The predicted octanol–water partition coefficient (Wildman–Crippen LogP) is 4.10. The number of ether oxygens (including phenoxy) is 1. The fourth-order valence-corrected chi connectivity index (χ4v) is 3.30. The summed E-state index contributed by atoms with van der Waals surface area (Å²) in [7, 11) is 0. The van der Waals surface area contributed by atoms with Gasteiger partial charge in [-0.25, -0.2) is 14.8 Å². The number of esters is 1. The lowest BCUT2D eigenvalue weighted by Gasteiger charge is -2.10. The van der Waals surface area contributed by atoms with Gasteiger partial charge >= 0.3 is 5.97 Å². The lowest BCUT2D eigenvalue weighted by atomic mass is 10.1. The summed E-state index contributed by atoms with van der Waals surface area (Å²) < 4.78 is 5.33. The van der Waals surface area contributed by atoms with E-state index in [1.807, 2.05) is 39.1 Å². The highest BCUT2D eigenvalue weighted by Crippen LogP contribution is 2.33. The van der Waals surface area contributed by atoms with E-state index in [2.05, 4.69) is 26.9 Å². The maximum atomic E-state index is 12.4. The number of H-pyrrole nitrogens is 1. The van der Waals surface area contributed by atoms with E-state index in [0.717, 1.165) is 50.5 Å². The number of rotatable bonds is 3. The Hall–Kier alpha value is -3.02. The third-order valence-corrected chi connectivity index (χ3v) is 4.50. The number of carbonyl (C=O) groups is 1. The summed E-state index contributed by atoms with van der Waals surface area (Å²) in [5, 5.41) is 1.90. The average Bonchev–Trinajstić information content (AvgIpc) is 3.00. The van der Waals surface area contributed by atoms with E-state index < -0.39 is 5.97 Å². The Balaban J connectivity index is 2.04. The van der Waals surface area contributed by atoms with E-state index in [1.54, 1.807) is 6.20 Å². The molecule has 1 N–H and O–H groups in total. The Morgan fingerprint density at radius 3 is 2.69 bits per heavy atom. The van der Waals surface area contributed by atoms with Crippen LogP contribution in [0.25, 0.3) is 32.8 Å². The van der Waals surface area contributed by atoms with Gasteiger partial charge in [-0.2, -0.15) is 0 Å². The summed E-state index contributed by atoms with van der Waals surface area (Å²) in [4.78, 5) is 29.4. The third-order valence-electron chi connectivity index (χ3n) is 4.50. The van der Waals surface area contributed by atoms with E-state index in [0.29, 0.717) is 5.69 Å². The van der Waals surface area contributed by atoms with Crippen molar-refractivity contribution in [3.8, 4) is 0 Å². The number of aryl methyl sites for hydroxylation is 2. The molecular weight excluding hydrogens is 328 g/mol. The first-order chi connectivity index (χ1) is 12.5. The van der Waals surface area contributed by atoms with Gasteiger partial charge in [-0.3, -0.25) is 4.98 Å². The van der Waals surface area contributed by atoms with Crippen molar-refractivity contribution in [1.82, 2.24) is 19.9 Å². The minimum absolute atomic E-state index is 0.193. The second-order valence-corrected chi connectivity index (χ2v) is 6.67. The zero-order valence-corrected chi connectivity index (χ0v) is 15.3. The fourth-order valence-electron chi connectivity index (χ4n) is 3.30. The van der Waals surface area contributed by atoms with E-state index in [4.69, 9.17) is 4.74 Å². The van der Waals surface area contributed by atoms with Crippen LogP contribution in [-0.2, 0) is 11.2 Å². The molecule has 0 atom stereocenters. The molecule has 132 valence electrons. The van der Waals surface area contributed by atoms with Crippen molar-refractivity contribution in [3.63, 3.8) is 0 Å². The fraction of sp³-hybridized carbons (Fsp3) is 0.300. The first-order valence-corrected chi connectivity index (χ1v) is 8.76. The van der Waals surface area contributed by atoms with Crippen molar-refractivity contribution in [2.45, 2.75) is 40.2 Å². The van der Waals surface area contributed by atoms with Gasteiger partial charge in [0.05, 0.1) is 34.5 Å². The first-order valence-electron chi connectivity index (χ1n) is 8.76. The zero-order chi connectivity index (χ0) is 18.4. The molecule has 0 radical (unpaired) electrons. The predicted molar refractivity (Wildman–Crippen MR) is 101 cm³/mol. The van der Waals surface area contributed by atoms with Gasteiger partial charge < -0.3 is 9.72 Å². The van der Waals surface area contributed by atoms with Crippen LogP contribution in [0, 0.1) is 6.92 Å². The van der Waals surface area contributed by atoms with E-state index in [9.17, 15) is 4.79 Å². The number of fused-ring (bicyclic) bond motifs is 5. The SMILES string of the molecule is CCc1cnc2c(ccc3[nH]c4cnc(C(=O)OC(C)C)c(C)c4c32)n1. The standard InChI is InChI=1S/C20H20N4O2/c1-5-12-8-21-19-14(23-12)7-6-13-17(19)16-11(4)18(20(25)26-10(2)3)22-9-15(16)24-13/h6-10,24H,5H2,1-4H3. The molecule has 6 nitrogen and oxygen atoms in total. The van der Waals surface area contributed by atoms with E-state index in [1.165, 1.54) is 0 Å². The van der Waals surface area contributed by atoms with Crippen LogP contribution in [0.15, 0.2) is 24.5 Å². The van der Waals surface area contributed by atoms with Gasteiger partial charge in [0.1, 0.15) is 0 Å². The molecule has 3 heterocycles. The van der Waals surface area contributed by atoms with Gasteiger partial charge in [0.2, 0.25) is 0 Å². The Bertz CT molecular complexity index is 1160. The highest BCUT2D eigenvalue weighted by molar-refractivity contribution is 6.20. The van der Waals surface area contributed by atoms with E-state index in [-0.39, 0.29) is 6.10 Å². The number of hydrogen-bond donors (Lipinski definition) is 1. The van der Waals surface area contributed by atoms with Gasteiger partial charge in [0.15, 0.2) is 5.69 Å². The van der Waals surface area contributed by atoms with Gasteiger partial charge in [0, 0.05) is 22.5 Å². The summed E-state index contributed by atoms with van der Waals surface area (Å²) in [6.07, 6.45) is 4.13. The van der Waals surface area contributed by atoms with Gasteiger partial charge in [0.25, 0.3) is 0 Å². The number of nitrogens with zero attached hydrogens (tertiary/aromatic N) is 3. The Morgan fingerprint density at radius 2 is 1.96 bits per heavy atom. The highest BCUT2D eigenvalue weighted by Gasteiger charge is 2.20. The molecule has 4 rings (SSSR count). The van der Waals surface area contributed by atoms with Crippen LogP contribution in [0.4, 0.5) is 0 Å². The Labute approximate surface area is 150 Å². The molecule has 0 bridgehead atoms. The molecule has 0 aliphatic heterocycles. The second kappa shape index (κ2) is 6.05. The quantitative estimate of drug-likeness (QED) is 0.564. The molecule has 3 aromatic heterocycles. The highest BCUT2D eigenvalue weighted by atomic mass is 16.5. The molecule has 26 heavy (non-hydrogen) atoms. The summed E-state index contributed by atoms with van der Waals surface area (Å²) in [6, 6.07) is 3.97. The lowest BCUT2D eigenvalue weighted by Crippen LogP contribution is -2.14. The van der Waals surface area contributed by atoms with Gasteiger partial charge in [-0.1, -0.05) is 6.92 Å². The van der Waals surface area contributed by atoms with Crippen molar-refractivity contribution in [1.29, 1.82) is 0 Å². The van der Waals surface area contributed by atoms with E-state index >= 15 is 0 Å². The Kier molecular flexibility index (Phi) is 3.83. The lowest BCUT2D eigenvalue weighted by molar-refractivity contribution is 0.0370. The average molecular weight is 348 g/mol. The number of nitrogens with one attached hydrogen (secondary N) is 1. The normalized spacial score (nSPS) is 11.7. The number of hydrogen-bond acceptors (Lipinski definition) is 5. The van der Waals surface area contributed by atoms with Crippen LogP contribution in [0.5, 0.6) is 0 Å². The van der Waals surface area contributed by atoms with Gasteiger partial charge in [-0.05, 0) is 44.9 Å². The van der Waals surface area contributed by atoms with Crippen LogP contribution in [-0.4, -0.2) is 32.0 Å². The molecule has 6 heteroatoms. The minimum atomic E-state index is -0.409. The summed E-state index contributed by atoms with van der Waals surface area (Å²) in [5.41, 5.74) is 5.56. The molecule has 4 aromatic rings. The van der Waals surface area contributed by atoms with Crippen molar-refractivity contribution < 1.29 is 9.53 Å². The molecule has 0 amide bonds. The zero-order valence-electron chi connectivity index (χ0n) is 15.3. The van der Waals surface area contributed by atoms with Crippen molar-refractivity contribution >= 4 is 38.8 Å². The molecule has 0 saturated carbocycles. The number of benzene rings is 1. The van der Waals surface area contributed by atoms with Crippen molar-refractivity contribution in [3.05, 3.63) is 41.5 Å². The molecule has 0 unspecified atom stereocenters. The first kappa shape index (κ1) is 16.4. The summed E-state index contributed by atoms with van der Waals surface area (Å²) in [6.45, 7) is 7.60. The molecule has 0 fully saturated rings. The third kappa shape index (κ3) is 2.49. The van der Waals surface area contributed by atoms with Crippen LogP contribution >= 0.6 is 0 Å². The maximum Gasteiger partial charge on any atom is 0.357 e. The largest absolute Gasteiger partial charge is 0.458 e. The topological polar surface area (TPSA) is 80.8 Å². The number of aromatic amines is 1. The molecule has 0 saturated heterocycles. The number of carbonyl (C=O) groups excluding carboxylic acids is 1. The monoisotopic (exact) mass is 348 g/mol. The number of pyridine rings is 1.